The van der Waals surface area contributed by atoms with E-state index in [0.717, 1.165) is 24.3 Å². The molecule has 2 aromatic heterocycles. The predicted molar refractivity (Wildman–Crippen MR) is 98.8 cm³/mol. The van der Waals surface area contributed by atoms with Crippen molar-refractivity contribution in [3.8, 4) is 0 Å². The number of nitrogens with zero attached hydrogens (tertiary/aromatic N) is 5. The molecule has 9 heteroatoms. The Morgan fingerprint density at radius 2 is 2.11 bits per heavy atom. The first-order chi connectivity index (χ1) is 13.0. The Morgan fingerprint density at radius 3 is 2.89 bits per heavy atom. The van der Waals surface area contributed by atoms with E-state index in [1.54, 1.807) is 6.07 Å². The van der Waals surface area contributed by atoms with Gasteiger partial charge in [0, 0.05) is 36.8 Å². The van der Waals surface area contributed by atoms with Gasteiger partial charge in [-0.25, -0.2) is 0 Å². The number of carbonyl (C=O) groups excluding carboxylic acids is 1. The minimum absolute atomic E-state index is 0.103. The molecule has 1 aliphatic rings. The second-order valence-corrected chi connectivity index (χ2v) is 6.60. The molecule has 2 N–H and O–H groups in total. The predicted octanol–water partition coefficient (Wildman–Crippen LogP) is 2.12. The molecule has 1 amide bonds. The number of aromatic nitrogens is 3. The second kappa shape index (κ2) is 6.67. The number of carbonyl (C=O) groups is 1. The number of amides is 1. The first kappa shape index (κ1) is 17.0. The highest BCUT2D eigenvalue weighted by atomic mass is 16.6. The zero-order valence-electron chi connectivity index (χ0n) is 14.5. The number of nitrogens with two attached hydrogens (primary N) is 1. The molecule has 0 unspecified atom stereocenters. The van der Waals surface area contributed by atoms with Crippen molar-refractivity contribution in [3.05, 3.63) is 64.1 Å². The number of primary amides is 1. The molecular formula is C18H18N6O3. The number of piperidine rings is 1. The van der Waals surface area contributed by atoms with Crippen LogP contribution >= 0.6 is 0 Å². The summed E-state index contributed by atoms with van der Waals surface area (Å²) in [6.45, 7) is 1.29. The van der Waals surface area contributed by atoms with Crippen molar-refractivity contribution < 1.29 is 9.72 Å². The Labute approximate surface area is 154 Å². The minimum Gasteiger partial charge on any atom is -0.366 e. The van der Waals surface area contributed by atoms with Gasteiger partial charge in [0.15, 0.2) is 5.65 Å². The number of benzene rings is 1. The van der Waals surface area contributed by atoms with Crippen LogP contribution < -0.4 is 10.6 Å². The summed E-state index contributed by atoms with van der Waals surface area (Å²) in [5, 5.41) is 20.1. The van der Waals surface area contributed by atoms with Crippen LogP contribution in [0.4, 0.5) is 11.4 Å². The summed E-state index contributed by atoms with van der Waals surface area (Å²) in [6.07, 6.45) is 3.73. The van der Waals surface area contributed by atoms with Gasteiger partial charge in [0.2, 0.25) is 5.91 Å². The van der Waals surface area contributed by atoms with E-state index in [1.807, 2.05) is 33.7 Å². The van der Waals surface area contributed by atoms with Crippen LogP contribution in [0.5, 0.6) is 0 Å². The molecule has 1 atom stereocenters. The molecule has 3 aromatic rings. The number of rotatable bonds is 4. The van der Waals surface area contributed by atoms with Gasteiger partial charge in [0.25, 0.3) is 5.69 Å². The smallest absolute Gasteiger partial charge is 0.293 e. The fourth-order valence-corrected chi connectivity index (χ4v) is 3.64. The number of nitro benzene ring substituents is 1. The Kier molecular flexibility index (Phi) is 4.19. The molecule has 0 aliphatic carbocycles. The van der Waals surface area contributed by atoms with Gasteiger partial charge in [-0.1, -0.05) is 6.07 Å². The summed E-state index contributed by atoms with van der Waals surface area (Å²) < 4.78 is 1.96. The van der Waals surface area contributed by atoms with Crippen LogP contribution in [0.3, 0.4) is 0 Å². The fourth-order valence-electron chi connectivity index (χ4n) is 3.64. The fraction of sp³-hybridized carbons (Fsp3) is 0.278. The van der Waals surface area contributed by atoms with E-state index < -0.39 is 10.8 Å². The van der Waals surface area contributed by atoms with Crippen molar-refractivity contribution in [3.63, 3.8) is 0 Å². The van der Waals surface area contributed by atoms with Crippen molar-refractivity contribution in [1.82, 2.24) is 14.6 Å². The second-order valence-electron chi connectivity index (χ2n) is 6.60. The van der Waals surface area contributed by atoms with E-state index in [2.05, 4.69) is 10.2 Å². The number of hydrogen-bond acceptors (Lipinski definition) is 6. The van der Waals surface area contributed by atoms with E-state index in [9.17, 15) is 14.9 Å². The number of anilines is 1. The average molecular weight is 366 g/mol. The standard InChI is InChI=1S/C18H18N6O3/c19-17(25)12-6-7-14(15(10-12)24(26)27)22-8-3-4-13(11-22)18-21-20-16-5-1-2-9-23(16)18/h1-2,5-7,9-10,13H,3-4,8,11H2,(H2,19,25)/t13-/m1/s1. The molecular weight excluding hydrogens is 348 g/mol. The van der Waals surface area contributed by atoms with Crippen molar-refractivity contribution in [1.29, 1.82) is 0 Å². The van der Waals surface area contributed by atoms with E-state index in [0.29, 0.717) is 18.8 Å². The summed E-state index contributed by atoms with van der Waals surface area (Å²) in [5.41, 5.74) is 6.54. The van der Waals surface area contributed by atoms with Gasteiger partial charge in [0.1, 0.15) is 11.5 Å². The third kappa shape index (κ3) is 3.07. The minimum atomic E-state index is -0.684. The Hall–Kier alpha value is -3.49. The van der Waals surface area contributed by atoms with E-state index in [1.165, 1.54) is 12.1 Å². The quantitative estimate of drug-likeness (QED) is 0.558. The van der Waals surface area contributed by atoms with E-state index >= 15 is 0 Å². The lowest BCUT2D eigenvalue weighted by Crippen LogP contribution is -2.35. The van der Waals surface area contributed by atoms with Crippen LogP contribution in [0.25, 0.3) is 5.65 Å². The molecule has 0 saturated carbocycles. The van der Waals surface area contributed by atoms with Gasteiger partial charge in [-0.3, -0.25) is 19.3 Å². The number of hydrogen-bond donors (Lipinski definition) is 1. The van der Waals surface area contributed by atoms with Gasteiger partial charge >= 0.3 is 0 Å². The van der Waals surface area contributed by atoms with Crippen LogP contribution in [0.1, 0.15) is 34.9 Å². The van der Waals surface area contributed by atoms with Crippen LogP contribution in [-0.4, -0.2) is 38.5 Å². The lowest BCUT2D eigenvalue weighted by Gasteiger charge is -2.33. The highest BCUT2D eigenvalue weighted by Crippen LogP contribution is 2.35. The summed E-state index contributed by atoms with van der Waals surface area (Å²) in [5.74, 6) is 0.273. The molecule has 4 rings (SSSR count). The molecule has 27 heavy (non-hydrogen) atoms. The maximum absolute atomic E-state index is 11.5. The van der Waals surface area contributed by atoms with Gasteiger partial charge in [-0.05, 0) is 37.1 Å². The highest BCUT2D eigenvalue weighted by Gasteiger charge is 2.29. The summed E-state index contributed by atoms with van der Waals surface area (Å²) in [7, 11) is 0. The molecule has 9 nitrogen and oxygen atoms in total. The van der Waals surface area contributed by atoms with Gasteiger partial charge in [0.05, 0.1) is 4.92 Å². The lowest BCUT2D eigenvalue weighted by atomic mass is 9.96. The Balaban J connectivity index is 1.67. The average Bonchev–Trinajstić information content (AvgIpc) is 3.11. The third-order valence-corrected chi connectivity index (χ3v) is 4.92. The molecule has 3 heterocycles. The molecule has 1 aromatic carbocycles. The summed E-state index contributed by atoms with van der Waals surface area (Å²) in [4.78, 5) is 24.4. The maximum atomic E-state index is 11.5. The molecule has 1 fully saturated rings. The molecule has 0 spiro atoms. The zero-order chi connectivity index (χ0) is 19.0. The van der Waals surface area contributed by atoms with Crippen molar-refractivity contribution >= 4 is 22.9 Å². The van der Waals surface area contributed by atoms with E-state index in [4.69, 9.17) is 5.73 Å². The SMILES string of the molecule is NC(=O)c1ccc(N2CCC[C@@H](c3nnc4ccccn34)C2)c([N+](=O)[O-])c1. The molecule has 1 saturated heterocycles. The molecule has 138 valence electrons. The van der Waals surface area contributed by atoms with Crippen LogP contribution in [0, 0.1) is 10.1 Å². The third-order valence-electron chi connectivity index (χ3n) is 4.92. The lowest BCUT2D eigenvalue weighted by molar-refractivity contribution is -0.384. The summed E-state index contributed by atoms with van der Waals surface area (Å²) in [6, 6.07) is 10.1. The Morgan fingerprint density at radius 1 is 1.26 bits per heavy atom. The number of pyridine rings is 1. The first-order valence-electron chi connectivity index (χ1n) is 8.67. The zero-order valence-corrected chi connectivity index (χ0v) is 14.5. The van der Waals surface area contributed by atoms with Crippen LogP contribution in [-0.2, 0) is 0 Å². The highest BCUT2D eigenvalue weighted by molar-refractivity contribution is 5.94. The monoisotopic (exact) mass is 366 g/mol. The molecule has 1 aliphatic heterocycles. The van der Waals surface area contributed by atoms with Gasteiger partial charge in [-0.15, -0.1) is 10.2 Å². The van der Waals surface area contributed by atoms with Crippen LogP contribution in [0.2, 0.25) is 0 Å². The Bertz CT molecular complexity index is 1030. The maximum Gasteiger partial charge on any atom is 0.293 e. The van der Waals surface area contributed by atoms with Gasteiger partial charge < -0.3 is 10.6 Å². The topological polar surface area (TPSA) is 120 Å². The van der Waals surface area contributed by atoms with Crippen molar-refractivity contribution in [2.24, 2.45) is 5.73 Å². The molecule has 0 radical (unpaired) electrons. The van der Waals surface area contributed by atoms with E-state index in [-0.39, 0.29) is 17.2 Å². The van der Waals surface area contributed by atoms with Crippen LogP contribution in [0.15, 0.2) is 42.6 Å². The van der Waals surface area contributed by atoms with Crippen molar-refractivity contribution in [2.75, 3.05) is 18.0 Å². The number of nitro groups is 1. The normalized spacial score (nSPS) is 17.2. The number of fused-ring (bicyclic) bond motifs is 1. The summed E-state index contributed by atoms with van der Waals surface area (Å²) >= 11 is 0. The van der Waals surface area contributed by atoms with Crippen molar-refractivity contribution in [2.45, 2.75) is 18.8 Å². The van der Waals surface area contributed by atoms with Gasteiger partial charge in [-0.2, -0.15) is 0 Å². The first-order valence-corrected chi connectivity index (χ1v) is 8.67. The molecule has 0 bridgehead atoms. The largest absolute Gasteiger partial charge is 0.366 e.